The number of ether oxygens (including phenoxy) is 2. The molecule has 0 aromatic heterocycles. The highest BCUT2D eigenvalue weighted by atomic mass is 16.8. The van der Waals surface area contributed by atoms with Gasteiger partial charge in [-0.15, -0.1) is 0 Å². The lowest BCUT2D eigenvalue weighted by Gasteiger charge is -2.00. The van der Waals surface area contributed by atoms with E-state index in [2.05, 4.69) is 0 Å². The molecule has 1 aliphatic carbocycles. The molecule has 0 unspecified atom stereocenters. The van der Waals surface area contributed by atoms with Gasteiger partial charge in [-0.2, -0.15) is 0 Å². The van der Waals surface area contributed by atoms with Crippen molar-refractivity contribution in [2.24, 2.45) is 0 Å². The summed E-state index contributed by atoms with van der Waals surface area (Å²) in [6.07, 6.45) is 3.96. The molecule has 0 N–H and O–H groups in total. The fraction of sp³-hybridized carbons (Fsp3) is 0.500. The summed E-state index contributed by atoms with van der Waals surface area (Å²) < 4.78 is 9.50. The molecule has 0 amide bonds. The van der Waals surface area contributed by atoms with Gasteiger partial charge in [-0.05, 0) is 6.08 Å². The Bertz CT molecular complexity index is 173. The molecule has 2 atom stereocenters. The van der Waals surface area contributed by atoms with Crippen molar-refractivity contribution in [1.82, 2.24) is 0 Å². The van der Waals surface area contributed by atoms with Crippen LogP contribution < -0.4 is 0 Å². The summed E-state index contributed by atoms with van der Waals surface area (Å²) in [5.41, 5.74) is 0. The smallest absolute Gasteiger partial charge is 0.426 e. The zero-order chi connectivity index (χ0) is 6.27. The van der Waals surface area contributed by atoms with Crippen molar-refractivity contribution in [3.05, 3.63) is 12.2 Å². The summed E-state index contributed by atoms with van der Waals surface area (Å²) in [6, 6.07) is 0. The van der Waals surface area contributed by atoms with Crippen LogP contribution in [-0.2, 0) is 9.47 Å². The molecule has 0 radical (unpaired) electrons. The number of carbonyl (C=O) groups is 1. The van der Waals surface area contributed by atoms with Crippen LogP contribution >= 0.6 is 0 Å². The van der Waals surface area contributed by atoms with Crippen LogP contribution in [0.2, 0.25) is 0 Å². The third-order valence-electron chi connectivity index (χ3n) is 1.54. The molecule has 48 valence electrons. The minimum atomic E-state index is -0.533. The van der Waals surface area contributed by atoms with E-state index in [1.165, 1.54) is 0 Å². The van der Waals surface area contributed by atoms with Gasteiger partial charge in [-0.25, -0.2) is 4.79 Å². The van der Waals surface area contributed by atoms with Crippen molar-refractivity contribution in [3.8, 4) is 0 Å². The summed E-state index contributed by atoms with van der Waals surface area (Å²) in [5, 5.41) is 0. The first-order valence-corrected chi connectivity index (χ1v) is 2.90. The predicted molar refractivity (Wildman–Crippen MR) is 28.9 cm³/mol. The molecule has 0 bridgehead atoms. The maximum atomic E-state index is 10.4. The molecule has 0 aromatic rings. The van der Waals surface area contributed by atoms with E-state index in [0.29, 0.717) is 0 Å². The molecule has 3 nitrogen and oxygen atoms in total. The maximum Gasteiger partial charge on any atom is 0.509 e. The Morgan fingerprint density at radius 3 is 3.22 bits per heavy atom. The Labute approximate surface area is 52.3 Å². The molecule has 1 saturated heterocycles. The first kappa shape index (κ1) is 4.85. The minimum Gasteiger partial charge on any atom is -0.426 e. The van der Waals surface area contributed by atoms with Gasteiger partial charge in [0.05, 0.1) is 0 Å². The van der Waals surface area contributed by atoms with Crippen molar-refractivity contribution < 1.29 is 14.3 Å². The van der Waals surface area contributed by atoms with E-state index < -0.39 is 6.16 Å². The zero-order valence-corrected chi connectivity index (χ0v) is 4.74. The SMILES string of the molecule is O=C1O[C@H]2CC=C[C@H]2O1. The molecule has 0 spiro atoms. The molecule has 3 heteroatoms. The van der Waals surface area contributed by atoms with Crippen LogP contribution in [0.5, 0.6) is 0 Å². The molecule has 9 heavy (non-hydrogen) atoms. The van der Waals surface area contributed by atoms with Crippen LogP contribution in [0.3, 0.4) is 0 Å². The fourth-order valence-electron chi connectivity index (χ4n) is 1.10. The first-order valence-electron chi connectivity index (χ1n) is 2.90. The molecular weight excluding hydrogens is 120 g/mol. The van der Waals surface area contributed by atoms with Crippen LogP contribution in [0.15, 0.2) is 12.2 Å². The van der Waals surface area contributed by atoms with Crippen molar-refractivity contribution >= 4 is 6.16 Å². The number of rotatable bonds is 0. The normalized spacial score (nSPS) is 38.0. The average molecular weight is 126 g/mol. The Kier molecular flexibility index (Phi) is 0.806. The highest BCUT2D eigenvalue weighted by Gasteiger charge is 2.36. The number of carbonyl (C=O) groups excluding carboxylic acids is 1. The van der Waals surface area contributed by atoms with Gasteiger partial charge in [-0.1, -0.05) is 6.08 Å². The lowest BCUT2D eigenvalue weighted by atomic mass is 10.2. The van der Waals surface area contributed by atoms with E-state index in [-0.39, 0.29) is 12.2 Å². The second-order valence-electron chi connectivity index (χ2n) is 2.15. The van der Waals surface area contributed by atoms with E-state index in [9.17, 15) is 4.79 Å². The van der Waals surface area contributed by atoms with Crippen LogP contribution in [0, 0.1) is 0 Å². The highest BCUT2D eigenvalue weighted by molar-refractivity contribution is 5.63. The van der Waals surface area contributed by atoms with E-state index in [1.807, 2.05) is 12.2 Å². The topological polar surface area (TPSA) is 35.5 Å². The van der Waals surface area contributed by atoms with Gasteiger partial charge >= 0.3 is 6.16 Å². The molecular formula is C6H6O3. The quantitative estimate of drug-likeness (QED) is 0.356. The van der Waals surface area contributed by atoms with Crippen molar-refractivity contribution in [2.75, 3.05) is 0 Å². The van der Waals surface area contributed by atoms with Crippen molar-refractivity contribution in [1.29, 1.82) is 0 Å². The van der Waals surface area contributed by atoms with Crippen molar-refractivity contribution in [2.45, 2.75) is 18.6 Å². The zero-order valence-electron chi connectivity index (χ0n) is 4.74. The van der Waals surface area contributed by atoms with Gasteiger partial charge in [0, 0.05) is 6.42 Å². The Hall–Kier alpha value is -0.990. The molecule has 1 aliphatic heterocycles. The highest BCUT2D eigenvalue weighted by Crippen LogP contribution is 2.24. The van der Waals surface area contributed by atoms with Crippen LogP contribution in [0.1, 0.15) is 6.42 Å². The summed E-state index contributed by atoms with van der Waals surface area (Å²) in [7, 11) is 0. The second kappa shape index (κ2) is 1.50. The largest absolute Gasteiger partial charge is 0.509 e. The lowest BCUT2D eigenvalue weighted by molar-refractivity contribution is 0.117. The molecule has 0 aromatic carbocycles. The van der Waals surface area contributed by atoms with E-state index in [0.717, 1.165) is 6.42 Å². The number of fused-ring (bicyclic) bond motifs is 1. The fourth-order valence-corrected chi connectivity index (χ4v) is 1.10. The van der Waals surface area contributed by atoms with Crippen LogP contribution in [-0.4, -0.2) is 18.4 Å². The third kappa shape index (κ3) is 0.608. The number of hydrogen-bond acceptors (Lipinski definition) is 3. The minimum absolute atomic E-state index is 0.0301. The van der Waals surface area contributed by atoms with Gasteiger partial charge in [0.25, 0.3) is 0 Å². The van der Waals surface area contributed by atoms with Gasteiger partial charge in [-0.3, -0.25) is 0 Å². The summed E-state index contributed by atoms with van der Waals surface area (Å²) >= 11 is 0. The van der Waals surface area contributed by atoms with E-state index in [4.69, 9.17) is 9.47 Å². The van der Waals surface area contributed by atoms with Gasteiger partial charge in [0.15, 0.2) is 6.10 Å². The van der Waals surface area contributed by atoms with Gasteiger partial charge < -0.3 is 9.47 Å². The maximum absolute atomic E-state index is 10.4. The van der Waals surface area contributed by atoms with E-state index in [1.54, 1.807) is 0 Å². The summed E-state index contributed by atoms with van der Waals surface area (Å²) in [5.74, 6) is 0. The molecule has 1 fully saturated rings. The molecule has 2 rings (SSSR count). The molecule has 1 heterocycles. The van der Waals surface area contributed by atoms with Gasteiger partial charge in [0.2, 0.25) is 0 Å². The van der Waals surface area contributed by atoms with E-state index >= 15 is 0 Å². The van der Waals surface area contributed by atoms with Crippen LogP contribution in [0.4, 0.5) is 4.79 Å². The molecule has 2 aliphatic rings. The summed E-state index contributed by atoms with van der Waals surface area (Å²) in [6.45, 7) is 0. The lowest BCUT2D eigenvalue weighted by Crippen LogP contribution is -2.13. The van der Waals surface area contributed by atoms with Gasteiger partial charge in [0.1, 0.15) is 6.10 Å². The van der Waals surface area contributed by atoms with Crippen molar-refractivity contribution in [3.63, 3.8) is 0 Å². The molecule has 0 saturated carbocycles. The standard InChI is InChI=1S/C6H6O3/c7-6-8-4-2-1-3-5(4)9-6/h1-2,4-5H,3H2/t4-,5+/m1/s1. The first-order chi connectivity index (χ1) is 4.36. The summed E-state index contributed by atoms with van der Waals surface area (Å²) in [4.78, 5) is 10.4. The third-order valence-corrected chi connectivity index (χ3v) is 1.54. The predicted octanol–water partition coefficient (Wildman–Crippen LogP) is 0.850. The Morgan fingerprint density at radius 1 is 1.56 bits per heavy atom. The monoisotopic (exact) mass is 126 g/mol. The average Bonchev–Trinajstić information content (AvgIpc) is 2.22. The van der Waals surface area contributed by atoms with Crippen LogP contribution in [0.25, 0.3) is 0 Å². The Morgan fingerprint density at radius 2 is 2.44 bits per heavy atom. The number of hydrogen-bond donors (Lipinski definition) is 0. The second-order valence-corrected chi connectivity index (χ2v) is 2.15. The Balaban J connectivity index is 2.17.